The molecule has 0 unspecified atom stereocenters. The lowest BCUT2D eigenvalue weighted by Crippen LogP contribution is -2.14. The van der Waals surface area contributed by atoms with Gasteiger partial charge in [-0.25, -0.2) is 0 Å². The summed E-state index contributed by atoms with van der Waals surface area (Å²) in [7, 11) is 0. The Morgan fingerprint density at radius 2 is 1.03 bits per heavy atom. The summed E-state index contributed by atoms with van der Waals surface area (Å²) in [6.45, 7) is 4.39. The number of allylic oxidation sites excluding steroid dienone is 7. The Bertz CT molecular complexity index is 827. The van der Waals surface area contributed by atoms with Crippen LogP contribution in [0.15, 0.2) is 66.8 Å². The standard InChI is InChI=1S/C35H50/c1-3-5-7-29-10-14-31(15-11-29)17-19-33-22-26-35(27-23-33)34-24-20-32(21-25-34)18-16-30-12-8-28(6-4-2)9-13-30/h4-7,16-21,24-25,28-31,33,35H,3,8-15,22-23,26-27H2,1-2H3/b6-4+,7-5+,18-16+,19-17+. The first kappa shape index (κ1) is 26.2. The molecular formula is C35H50. The van der Waals surface area contributed by atoms with Gasteiger partial charge in [-0.2, -0.15) is 0 Å². The van der Waals surface area contributed by atoms with Crippen LogP contribution in [0.3, 0.4) is 0 Å². The highest BCUT2D eigenvalue weighted by molar-refractivity contribution is 5.50. The van der Waals surface area contributed by atoms with E-state index in [1.165, 1.54) is 89.0 Å². The summed E-state index contributed by atoms with van der Waals surface area (Å²) in [6, 6.07) is 9.54. The molecule has 0 aromatic heterocycles. The summed E-state index contributed by atoms with van der Waals surface area (Å²) in [5, 5.41) is 0. The van der Waals surface area contributed by atoms with Crippen molar-refractivity contribution >= 4 is 6.08 Å². The molecule has 1 aromatic rings. The molecule has 1 aromatic carbocycles. The van der Waals surface area contributed by atoms with Crippen molar-refractivity contribution in [2.75, 3.05) is 0 Å². The zero-order chi connectivity index (χ0) is 24.3. The third kappa shape index (κ3) is 8.37. The molecule has 3 saturated carbocycles. The zero-order valence-corrected chi connectivity index (χ0v) is 22.6. The van der Waals surface area contributed by atoms with Crippen LogP contribution < -0.4 is 0 Å². The fourth-order valence-electron chi connectivity index (χ4n) is 6.75. The summed E-state index contributed by atoms with van der Waals surface area (Å²) < 4.78 is 0. The molecule has 0 radical (unpaired) electrons. The molecule has 0 saturated heterocycles. The van der Waals surface area contributed by atoms with E-state index in [1.54, 1.807) is 5.56 Å². The molecule has 0 heterocycles. The number of rotatable bonds is 8. The largest absolute Gasteiger partial charge is 0.0914 e. The van der Waals surface area contributed by atoms with Crippen LogP contribution in [0.5, 0.6) is 0 Å². The smallest absolute Gasteiger partial charge is 0.0162 e. The van der Waals surface area contributed by atoms with E-state index in [9.17, 15) is 0 Å². The van der Waals surface area contributed by atoms with Gasteiger partial charge in [0.1, 0.15) is 0 Å². The summed E-state index contributed by atoms with van der Waals surface area (Å²) in [6.07, 6.45) is 37.1. The van der Waals surface area contributed by atoms with Gasteiger partial charge in [0.15, 0.2) is 0 Å². The Morgan fingerprint density at radius 1 is 0.571 bits per heavy atom. The monoisotopic (exact) mass is 470 g/mol. The van der Waals surface area contributed by atoms with Gasteiger partial charge in [0.25, 0.3) is 0 Å². The van der Waals surface area contributed by atoms with Crippen molar-refractivity contribution in [2.24, 2.45) is 29.6 Å². The van der Waals surface area contributed by atoms with Gasteiger partial charge < -0.3 is 0 Å². The molecule has 190 valence electrons. The zero-order valence-electron chi connectivity index (χ0n) is 22.6. The van der Waals surface area contributed by atoms with Gasteiger partial charge in [-0.05, 0) is 137 Å². The molecule has 3 aliphatic rings. The molecule has 0 nitrogen and oxygen atoms in total. The van der Waals surface area contributed by atoms with Crippen LogP contribution in [0.25, 0.3) is 6.08 Å². The van der Waals surface area contributed by atoms with E-state index in [1.807, 2.05) is 0 Å². The van der Waals surface area contributed by atoms with Crippen LogP contribution in [0, 0.1) is 29.6 Å². The van der Waals surface area contributed by atoms with Crippen molar-refractivity contribution in [3.05, 3.63) is 77.9 Å². The van der Waals surface area contributed by atoms with Crippen LogP contribution in [0.4, 0.5) is 0 Å². The summed E-state index contributed by atoms with van der Waals surface area (Å²) in [5.41, 5.74) is 2.94. The highest BCUT2D eigenvalue weighted by Crippen LogP contribution is 2.38. The first-order chi connectivity index (χ1) is 17.2. The maximum Gasteiger partial charge on any atom is -0.0162 e. The average molecular weight is 471 g/mol. The Labute approximate surface area is 216 Å². The molecule has 0 N–H and O–H groups in total. The topological polar surface area (TPSA) is 0 Å². The highest BCUT2D eigenvalue weighted by Gasteiger charge is 2.22. The second kappa shape index (κ2) is 14.1. The Kier molecular flexibility index (Phi) is 10.5. The van der Waals surface area contributed by atoms with Crippen molar-refractivity contribution in [2.45, 2.75) is 103 Å². The molecule has 0 aliphatic heterocycles. The number of benzene rings is 1. The highest BCUT2D eigenvalue weighted by atomic mass is 14.3. The summed E-state index contributed by atoms with van der Waals surface area (Å²) >= 11 is 0. The predicted octanol–water partition coefficient (Wildman–Crippen LogP) is 10.7. The van der Waals surface area contributed by atoms with Crippen LogP contribution in [-0.4, -0.2) is 0 Å². The number of hydrogen-bond donors (Lipinski definition) is 0. The second-order valence-electron chi connectivity index (χ2n) is 11.7. The second-order valence-corrected chi connectivity index (χ2v) is 11.7. The predicted molar refractivity (Wildman–Crippen MR) is 154 cm³/mol. The van der Waals surface area contributed by atoms with Crippen LogP contribution in [0.2, 0.25) is 0 Å². The van der Waals surface area contributed by atoms with E-state index in [0.29, 0.717) is 0 Å². The van der Waals surface area contributed by atoms with Crippen molar-refractivity contribution < 1.29 is 0 Å². The average Bonchev–Trinajstić information content (AvgIpc) is 2.92. The minimum atomic E-state index is 0.764. The lowest BCUT2D eigenvalue weighted by Gasteiger charge is -2.28. The first-order valence-electron chi connectivity index (χ1n) is 15.0. The van der Waals surface area contributed by atoms with Gasteiger partial charge in [0.2, 0.25) is 0 Å². The summed E-state index contributed by atoms with van der Waals surface area (Å²) in [4.78, 5) is 0. The quantitative estimate of drug-likeness (QED) is 0.331. The normalized spacial score (nSPS) is 32.9. The molecule has 0 bridgehead atoms. The fourth-order valence-corrected chi connectivity index (χ4v) is 6.75. The Hall–Kier alpha value is -1.82. The lowest BCUT2D eigenvalue weighted by molar-refractivity contribution is 0.348. The molecule has 0 heteroatoms. The van der Waals surface area contributed by atoms with Gasteiger partial charge in [-0.1, -0.05) is 79.8 Å². The maximum absolute atomic E-state index is 2.60. The van der Waals surface area contributed by atoms with Crippen molar-refractivity contribution in [1.82, 2.24) is 0 Å². The Balaban J connectivity index is 1.17. The van der Waals surface area contributed by atoms with Crippen LogP contribution in [0.1, 0.15) is 114 Å². The van der Waals surface area contributed by atoms with Crippen molar-refractivity contribution in [1.29, 1.82) is 0 Å². The van der Waals surface area contributed by atoms with Gasteiger partial charge in [0.05, 0.1) is 0 Å². The third-order valence-electron chi connectivity index (χ3n) is 9.14. The minimum Gasteiger partial charge on any atom is -0.0914 e. The van der Waals surface area contributed by atoms with Gasteiger partial charge >= 0.3 is 0 Å². The molecule has 0 spiro atoms. The van der Waals surface area contributed by atoms with Crippen molar-refractivity contribution in [3.8, 4) is 0 Å². The molecule has 0 atom stereocenters. The molecule has 0 amide bonds. The third-order valence-corrected chi connectivity index (χ3v) is 9.14. The van der Waals surface area contributed by atoms with E-state index in [-0.39, 0.29) is 0 Å². The minimum absolute atomic E-state index is 0.764. The lowest BCUT2D eigenvalue weighted by atomic mass is 9.77. The fraction of sp³-hybridized carbons (Fsp3) is 0.600. The van der Waals surface area contributed by atoms with Gasteiger partial charge in [0, 0.05) is 0 Å². The van der Waals surface area contributed by atoms with E-state index < -0.39 is 0 Å². The van der Waals surface area contributed by atoms with Crippen LogP contribution in [-0.2, 0) is 0 Å². The van der Waals surface area contributed by atoms with Crippen molar-refractivity contribution in [3.63, 3.8) is 0 Å². The van der Waals surface area contributed by atoms with E-state index in [4.69, 9.17) is 0 Å². The van der Waals surface area contributed by atoms with Crippen LogP contribution >= 0.6 is 0 Å². The Morgan fingerprint density at radius 3 is 1.54 bits per heavy atom. The van der Waals surface area contributed by atoms with E-state index in [0.717, 1.165) is 35.5 Å². The summed E-state index contributed by atoms with van der Waals surface area (Å²) in [5.74, 6) is 4.85. The SMILES string of the molecule is C/C=C/C1CCC(/C=C/c2ccc(C3CCC(/C=C/C4CCC(/C=C/CC)CC4)CC3)cc2)CC1. The molecule has 3 aliphatic carbocycles. The van der Waals surface area contributed by atoms with Gasteiger partial charge in [-0.3, -0.25) is 0 Å². The van der Waals surface area contributed by atoms with E-state index in [2.05, 4.69) is 86.7 Å². The van der Waals surface area contributed by atoms with E-state index >= 15 is 0 Å². The molecule has 3 fully saturated rings. The molecular weight excluding hydrogens is 420 g/mol. The number of hydrogen-bond acceptors (Lipinski definition) is 0. The molecule has 35 heavy (non-hydrogen) atoms. The van der Waals surface area contributed by atoms with Gasteiger partial charge in [-0.15, -0.1) is 0 Å². The maximum atomic E-state index is 2.60. The molecule has 4 rings (SSSR count). The first-order valence-corrected chi connectivity index (χ1v) is 15.0.